The second-order valence-electron chi connectivity index (χ2n) is 11.1. The van der Waals surface area contributed by atoms with Gasteiger partial charge in [0.05, 0.1) is 0 Å². The summed E-state index contributed by atoms with van der Waals surface area (Å²) in [5.74, 6) is 0.817. The maximum atomic E-state index is 6.14. The third-order valence-electron chi connectivity index (χ3n) is 8.60. The predicted octanol–water partition coefficient (Wildman–Crippen LogP) is 8.78. The molecule has 6 aromatic carbocycles. The van der Waals surface area contributed by atoms with Crippen LogP contribution in [0.15, 0.2) is 143 Å². The fraction of sp³-hybridized carbons (Fsp3) is 0.0526. The van der Waals surface area contributed by atoms with E-state index < -0.39 is 0 Å². The zero-order valence-corrected chi connectivity index (χ0v) is 23.2. The molecule has 2 atom stereocenters. The van der Waals surface area contributed by atoms with Crippen molar-refractivity contribution in [2.24, 2.45) is 4.99 Å². The lowest BCUT2D eigenvalue weighted by atomic mass is 9.91. The van der Waals surface area contributed by atoms with Crippen LogP contribution < -0.4 is 10.6 Å². The number of benzene rings is 6. The van der Waals surface area contributed by atoms with Crippen LogP contribution in [0.3, 0.4) is 0 Å². The number of aromatic nitrogens is 1. The van der Waals surface area contributed by atoms with Gasteiger partial charge in [0.15, 0.2) is 0 Å². The lowest BCUT2D eigenvalue weighted by Gasteiger charge is -2.33. The van der Waals surface area contributed by atoms with Gasteiger partial charge >= 0.3 is 0 Å². The highest BCUT2D eigenvalue weighted by Crippen LogP contribution is 2.38. The number of pyridine rings is 1. The van der Waals surface area contributed by atoms with Crippen molar-refractivity contribution in [1.82, 2.24) is 15.6 Å². The van der Waals surface area contributed by atoms with Crippen LogP contribution in [0, 0.1) is 0 Å². The number of rotatable bonds is 3. The number of fused-ring (bicyclic) bond motifs is 8. The molecular weight excluding hydrogens is 528 g/mol. The molecule has 5 heteroatoms. The fourth-order valence-electron chi connectivity index (χ4n) is 6.66. The zero-order valence-electron chi connectivity index (χ0n) is 23.2. The van der Waals surface area contributed by atoms with E-state index in [0.717, 1.165) is 33.3 Å². The Morgan fingerprint density at radius 2 is 1.37 bits per heavy atom. The Morgan fingerprint density at radius 3 is 2.26 bits per heavy atom. The molecule has 0 spiro atoms. The van der Waals surface area contributed by atoms with Gasteiger partial charge in [0.2, 0.25) is 5.71 Å². The smallest absolute Gasteiger partial charge is 0.227 e. The summed E-state index contributed by atoms with van der Waals surface area (Å²) >= 11 is 0. The number of amidine groups is 1. The third kappa shape index (κ3) is 3.83. The van der Waals surface area contributed by atoms with E-state index in [9.17, 15) is 0 Å². The van der Waals surface area contributed by atoms with Gasteiger partial charge in [-0.1, -0.05) is 103 Å². The maximum Gasteiger partial charge on any atom is 0.227 e. The third-order valence-corrected chi connectivity index (χ3v) is 8.60. The van der Waals surface area contributed by atoms with E-state index in [1.165, 1.54) is 37.9 Å². The van der Waals surface area contributed by atoms with Gasteiger partial charge in [-0.2, -0.15) is 0 Å². The summed E-state index contributed by atoms with van der Waals surface area (Å²) in [7, 11) is 0. The van der Waals surface area contributed by atoms with Gasteiger partial charge in [-0.3, -0.25) is 5.32 Å². The van der Waals surface area contributed by atoms with Gasteiger partial charge in [-0.05, 0) is 67.7 Å². The lowest BCUT2D eigenvalue weighted by Crippen LogP contribution is -2.45. The van der Waals surface area contributed by atoms with Crippen molar-refractivity contribution in [3.63, 3.8) is 0 Å². The Balaban J connectivity index is 1.29. The van der Waals surface area contributed by atoms with Crippen LogP contribution in [0.1, 0.15) is 29.0 Å². The van der Waals surface area contributed by atoms with E-state index in [0.29, 0.717) is 5.71 Å². The molecule has 2 unspecified atom stereocenters. The molecule has 3 heterocycles. The monoisotopic (exact) mass is 554 g/mol. The first-order chi connectivity index (χ1) is 21.3. The molecule has 0 fully saturated rings. The van der Waals surface area contributed by atoms with Crippen LogP contribution in [0.4, 0.5) is 0 Å². The Bertz CT molecular complexity index is 2360. The van der Waals surface area contributed by atoms with Gasteiger partial charge in [0.25, 0.3) is 0 Å². The molecule has 1 aliphatic heterocycles. The average Bonchev–Trinajstić information content (AvgIpc) is 3.47. The Morgan fingerprint density at radius 1 is 0.605 bits per heavy atom. The molecule has 204 valence electrons. The molecule has 2 aromatic heterocycles. The van der Waals surface area contributed by atoms with E-state index in [-0.39, 0.29) is 12.3 Å². The van der Waals surface area contributed by atoms with Crippen LogP contribution in [0.25, 0.3) is 54.4 Å². The molecule has 0 saturated heterocycles. The highest BCUT2D eigenvalue weighted by molar-refractivity contribution is 6.22. The summed E-state index contributed by atoms with van der Waals surface area (Å²) in [6, 6.07) is 44.7. The zero-order chi connectivity index (χ0) is 28.3. The summed E-state index contributed by atoms with van der Waals surface area (Å²) in [6.45, 7) is 0. The van der Waals surface area contributed by atoms with Crippen molar-refractivity contribution in [2.45, 2.75) is 12.3 Å². The minimum Gasteiger partial charge on any atom is -0.438 e. The van der Waals surface area contributed by atoms with Gasteiger partial charge < -0.3 is 9.73 Å². The van der Waals surface area contributed by atoms with Crippen molar-refractivity contribution in [3.8, 4) is 0 Å². The molecule has 0 saturated carbocycles. The summed E-state index contributed by atoms with van der Waals surface area (Å²) in [6.07, 6.45) is 1.30. The summed E-state index contributed by atoms with van der Waals surface area (Å²) in [5, 5.41) is 17.1. The van der Waals surface area contributed by atoms with E-state index in [1.54, 1.807) is 6.20 Å². The second kappa shape index (κ2) is 9.51. The number of aliphatic imine (C=N–C) groups is 1. The molecule has 0 aliphatic carbocycles. The van der Waals surface area contributed by atoms with Gasteiger partial charge in [0.1, 0.15) is 23.8 Å². The number of nitrogens with zero attached hydrogens (tertiary/aromatic N) is 2. The largest absolute Gasteiger partial charge is 0.438 e. The normalized spacial score (nSPS) is 17.1. The summed E-state index contributed by atoms with van der Waals surface area (Å²) in [4.78, 5) is 9.74. The van der Waals surface area contributed by atoms with Crippen molar-refractivity contribution >= 4 is 60.2 Å². The van der Waals surface area contributed by atoms with Crippen molar-refractivity contribution in [3.05, 3.63) is 150 Å². The Labute approximate surface area is 247 Å². The van der Waals surface area contributed by atoms with E-state index in [4.69, 9.17) is 9.41 Å². The molecule has 0 amide bonds. The van der Waals surface area contributed by atoms with Crippen molar-refractivity contribution < 1.29 is 4.42 Å². The highest BCUT2D eigenvalue weighted by atomic mass is 16.3. The number of furan rings is 1. The molecule has 43 heavy (non-hydrogen) atoms. The van der Waals surface area contributed by atoms with Crippen LogP contribution in [-0.2, 0) is 0 Å². The van der Waals surface area contributed by atoms with Crippen molar-refractivity contribution in [1.29, 1.82) is 0 Å². The minimum atomic E-state index is -0.254. The number of hydrogen-bond donors (Lipinski definition) is 2. The fourth-order valence-corrected chi connectivity index (χ4v) is 6.66. The van der Waals surface area contributed by atoms with Crippen LogP contribution in [0.2, 0.25) is 0 Å². The standard InChI is InChI=1S/C38H26N4O/c1-2-11-24(12-3-1)35-40-36(29-16-8-18-32-34(29)30-17-9-21-39-38(30)43-32)42-37(41-35)31-22-25-13-5-7-15-27(25)33-26-14-6-4-10-23(26)19-20-28(31)33/h1-22,35,37,41H,(H,40,42). The van der Waals surface area contributed by atoms with E-state index >= 15 is 0 Å². The SMILES string of the molecule is c1ccc(C2N=C(c3cccc4oc5ncccc5c34)NC(c3cc4ccccc4c4c3ccc3ccccc34)N2)cc1. The predicted molar refractivity (Wildman–Crippen MR) is 175 cm³/mol. The quantitative estimate of drug-likeness (QED) is 0.214. The molecule has 5 nitrogen and oxygen atoms in total. The van der Waals surface area contributed by atoms with Crippen LogP contribution in [0.5, 0.6) is 0 Å². The minimum absolute atomic E-state index is 0.211. The first-order valence-electron chi connectivity index (χ1n) is 14.6. The summed E-state index contributed by atoms with van der Waals surface area (Å²) < 4.78 is 6.14. The second-order valence-corrected chi connectivity index (χ2v) is 11.1. The lowest BCUT2D eigenvalue weighted by molar-refractivity contribution is 0.411. The first-order valence-corrected chi connectivity index (χ1v) is 14.6. The summed E-state index contributed by atoms with van der Waals surface area (Å²) in [5.41, 5.74) is 4.70. The average molecular weight is 555 g/mol. The Kier molecular flexibility index (Phi) is 5.33. The molecule has 1 aliphatic rings. The number of hydrogen-bond acceptors (Lipinski definition) is 5. The molecule has 0 radical (unpaired) electrons. The van der Waals surface area contributed by atoms with Gasteiger partial charge in [-0.15, -0.1) is 0 Å². The van der Waals surface area contributed by atoms with E-state index in [2.05, 4.69) is 119 Å². The highest BCUT2D eigenvalue weighted by Gasteiger charge is 2.28. The van der Waals surface area contributed by atoms with Gasteiger partial charge in [-0.25, -0.2) is 9.98 Å². The van der Waals surface area contributed by atoms with Crippen LogP contribution >= 0.6 is 0 Å². The molecule has 8 aromatic rings. The topological polar surface area (TPSA) is 62.5 Å². The molecule has 0 bridgehead atoms. The molecular formula is C38H26N4O. The maximum absolute atomic E-state index is 6.14. The van der Waals surface area contributed by atoms with Gasteiger partial charge in [0, 0.05) is 22.5 Å². The first kappa shape index (κ1) is 24.1. The van der Waals surface area contributed by atoms with E-state index in [1.807, 2.05) is 24.3 Å². The van der Waals surface area contributed by atoms with Crippen molar-refractivity contribution in [2.75, 3.05) is 0 Å². The Hall–Kier alpha value is -5.52. The molecule has 9 rings (SSSR count). The molecule has 2 N–H and O–H groups in total. The number of nitrogens with one attached hydrogen (secondary N) is 2. The van der Waals surface area contributed by atoms with Crippen LogP contribution in [-0.4, -0.2) is 10.8 Å².